The molecule has 4 N–H and O–H groups in total. The molecule has 0 fully saturated rings. The third-order valence-electron chi connectivity index (χ3n) is 1.27. The number of ether oxygens (including phenoxy) is 1. The molecule has 0 aromatic carbocycles. The maximum Gasteiger partial charge on any atom is 0.276 e. The lowest BCUT2D eigenvalue weighted by atomic mass is 10.4. The SMILES string of the molecule is COCCNS(=O)(=O)NCCCN. The van der Waals surface area contributed by atoms with Gasteiger partial charge in [0.25, 0.3) is 10.2 Å². The van der Waals surface area contributed by atoms with E-state index in [1.165, 1.54) is 7.11 Å². The van der Waals surface area contributed by atoms with E-state index in [9.17, 15) is 8.42 Å². The first-order valence-electron chi connectivity index (χ1n) is 4.05. The van der Waals surface area contributed by atoms with Crippen molar-refractivity contribution in [2.75, 3.05) is 33.4 Å². The molecule has 0 spiro atoms. The van der Waals surface area contributed by atoms with Crippen molar-refractivity contribution in [1.82, 2.24) is 9.44 Å². The van der Waals surface area contributed by atoms with E-state index in [0.717, 1.165) is 0 Å². The molecular formula is C6H17N3O3S. The molecule has 0 radical (unpaired) electrons. The van der Waals surface area contributed by atoms with Crippen LogP contribution in [-0.2, 0) is 14.9 Å². The lowest BCUT2D eigenvalue weighted by Gasteiger charge is -2.06. The van der Waals surface area contributed by atoms with E-state index in [1.54, 1.807) is 0 Å². The molecule has 0 heterocycles. The smallest absolute Gasteiger partial charge is 0.276 e. The first-order valence-corrected chi connectivity index (χ1v) is 5.54. The summed E-state index contributed by atoms with van der Waals surface area (Å²) in [6, 6.07) is 0. The molecule has 7 heteroatoms. The van der Waals surface area contributed by atoms with Crippen LogP contribution >= 0.6 is 0 Å². The van der Waals surface area contributed by atoms with Crippen molar-refractivity contribution in [3.05, 3.63) is 0 Å². The minimum absolute atomic E-state index is 0.272. The van der Waals surface area contributed by atoms with E-state index in [4.69, 9.17) is 5.73 Å². The van der Waals surface area contributed by atoms with E-state index >= 15 is 0 Å². The van der Waals surface area contributed by atoms with E-state index in [2.05, 4.69) is 14.2 Å². The fourth-order valence-corrected chi connectivity index (χ4v) is 1.50. The molecule has 0 rings (SSSR count). The monoisotopic (exact) mass is 211 g/mol. The first kappa shape index (κ1) is 12.8. The van der Waals surface area contributed by atoms with Crippen LogP contribution in [0.15, 0.2) is 0 Å². The Morgan fingerprint density at radius 3 is 2.46 bits per heavy atom. The van der Waals surface area contributed by atoms with Crippen molar-refractivity contribution < 1.29 is 13.2 Å². The second kappa shape index (κ2) is 7.22. The first-order chi connectivity index (χ1) is 6.12. The maximum atomic E-state index is 11.1. The van der Waals surface area contributed by atoms with Gasteiger partial charge in [0.15, 0.2) is 0 Å². The van der Waals surface area contributed by atoms with Crippen LogP contribution in [0.25, 0.3) is 0 Å². The van der Waals surface area contributed by atoms with E-state index in [0.29, 0.717) is 26.1 Å². The van der Waals surface area contributed by atoms with Crippen molar-refractivity contribution in [3.8, 4) is 0 Å². The van der Waals surface area contributed by atoms with Crippen molar-refractivity contribution in [1.29, 1.82) is 0 Å². The Bertz CT molecular complexity index is 189. The van der Waals surface area contributed by atoms with Gasteiger partial charge in [-0.3, -0.25) is 0 Å². The Kier molecular flexibility index (Phi) is 7.10. The summed E-state index contributed by atoms with van der Waals surface area (Å²) in [5.41, 5.74) is 5.20. The average molecular weight is 211 g/mol. The van der Waals surface area contributed by atoms with Gasteiger partial charge < -0.3 is 10.5 Å². The lowest BCUT2D eigenvalue weighted by molar-refractivity contribution is 0.204. The van der Waals surface area contributed by atoms with Gasteiger partial charge in [0.05, 0.1) is 6.61 Å². The highest BCUT2D eigenvalue weighted by Crippen LogP contribution is 1.78. The summed E-state index contributed by atoms with van der Waals surface area (Å²) in [6.45, 7) is 1.46. The third kappa shape index (κ3) is 8.13. The van der Waals surface area contributed by atoms with E-state index in [1.807, 2.05) is 0 Å². The van der Waals surface area contributed by atoms with Crippen LogP contribution in [0.1, 0.15) is 6.42 Å². The van der Waals surface area contributed by atoms with Gasteiger partial charge in [0, 0.05) is 20.2 Å². The van der Waals surface area contributed by atoms with Gasteiger partial charge in [-0.15, -0.1) is 0 Å². The fraction of sp³-hybridized carbons (Fsp3) is 1.00. The topological polar surface area (TPSA) is 93.4 Å². The molecule has 0 atom stereocenters. The zero-order valence-corrected chi connectivity index (χ0v) is 8.56. The standard InChI is InChI=1S/C6H17N3O3S/c1-12-6-5-9-13(10,11)8-4-2-3-7/h8-9H,2-7H2,1H3. The normalized spacial score (nSPS) is 11.8. The zero-order chi connectivity index (χ0) is 10.2. The van der Waals surface area contributed by atoms with Gasteiger partial charge in [0.1, 0.15) is 0 Å². The van der Waals surface area contributed by atoms with Gasteiger partial charge in [-0.2, -0.15) is 13.1 Å². The molecule has 6 nitrogen and oxygen atoms in total. The molecule has 0 amide bonds. The molecule has 0 aliphatic heterocycles. The Balaban J connectivity index is 3.55. The third-order valence-corrected chi connectivity index (χ3v) is 2.44. The predicted octanol–water partition coefficient (Wildman–Crippen LogP) is -1.59. The highest BCUT2D eigenvalue weighted by Gasteiger charge is 2.06. The number of hydrogen-bond acceptors (Lipinski definition) is 4. The largest absolute Gasteiger partial charge is 0.383 e. The highest BCUT2D eigenvalue weighted by atomic mass is 32.2. The highest BCUT2D eigenvalue weighted by molar-refractivity contribution is 7.87. The summed E-state index contributed by atoms with van der Waals surface area (Å²) in [5, 5.41) is 0. The van der Waals surface area contributed by atoms with Crippen molar-refractivity contribution >= 4 is 10.2 Å². The summed E-state index contributed by atoms with van der Waals surface area (Å²) >= 11 is 0. The van der Waals surface area contributed by atoms with Crippen LogP contribution in [0.5, 0.6) is 0 Å². The average Bonchev–Trinajstić information content (AvgIpc) is 2.05. The van der Waals surface area contributed by atoms with Crippen LogP contribution in [-0.4, -0.2) is 41.8 Å². The van der Waals surface area contributed by atoms with Gasteiger partial charge in [-0.1, -0.05) is 0 Å². The van der Waals surface area contributed by atoms with Crippen molar-refractivity contribution in [3.63, 3.8) is 0 Å². The molecule has 0 aromatic heterocycles. The minimum atomic E-state index is -3.36. The van der Waals surface area contributed by atoms with Gasteiger partial charge in [-0.25, -0.2) is 4.72 Å². The van der Waals surface area contributed by atoms with Gasteiger partial charge in [-0.05, 0) is 13.0 Å². The Hall–Kier alpha value is -0.210. The van der Waals surface area contributed by atoms with Crippen LogP contribution < -0.4 is 15.2 Å². The molecule has 0 unspecified atom stereocenters. The number of hydrogen-bond donors (Lipinski definition) is 3. The number of methoxy groups -OCH3 is 1. The second-order valence-corrected chi connectivity index (χ2v) is 4.01. The fourth-order valence-electron chi connectivity index (χ4n) is 0.638. The molecular weight excluding hydrogens is 194 g/mol. The van der Waals surface area contributed by atoms with Crippen molar-refractivity contribution in [2.24, 2.45) is 5.73 Å². The molecule has 13 heavy (non-hydrogen) atoms. The van der Waals surface area contributed by atoms with Crippen molar-refractivity contribution in [2.45, 2.75) is 6.42 Å². The van der Waals surface area contributed by atoms with Crippen LogP contribution in [0, 0.1) is 0 Å². The predicted molar refractivity (Wildman–Crippen MR) is 50.5 cm³/mol. The molecule has 0 aliphatic rings. The molecule has 0 saturated heterocycles. The maximum absolute atomic E-state index is 11.1. The number of nitrogens with one attached hydrogen (secondary N) is 2. The molecule has 0 saturated carbocycles. The Labute approximate surface area is 79.0 Å². The van der Waals surface area contributed by atoms with Gasteiger partial charge >= 0.3 is 0 Å². The Morgan fingerprint density at radius 1 is 1.31 bits per heavy atom. The summed E-state index contributed by atoms with van der Waals surface area (Å²) in [5.74, 6) is 0. The molecule has 0 aromatic rings. The summed E-state index contributed by atoms with van der Waals surface area (Å²) in [6.07, 6.45) is 0.630. The van der Waals surface area contributed by atoms with E-state index in [-0.39, 0.29) is 6.54 Å². The Morgan fingerprint density at radius 2 is 1.92 bits per heavy atom. The zero-order valence-electron chi connectivity index (χ0n) is 7.75. The summed E-state index contributed by atoms with van der Waals surface area (Å²) in [7, 11) is -1.85. The van der Waals surface area contributed by atoms with Crippen LogP contribution in [0.4, 0.5) is 0 Å². The summed E-state index contributed by atoms with van der Waals surface area (Å²) in [4.78, 5) is 0. The number of nitrogens with two attached hydrogens (primary N) is 1. The summed E-state index contributed by atoms with van der Waals surface area (Å²) < 4.78 is 31.5. The van der Waals surface area contributed by atoms with Crippen LogP contribution in [0.2, 0.25) is 0 Å². The van der Waals surface area contributed by atoms with E-state index < -0.39 is 10.2 Å². The molecule has 0 bridgehead atoms. The minimum Gasteiger partial charge on any atom is -0.383 e. The lowest BCUT2D eigenvalue weighted by Crippen LogP contribution is -2.39. The molecule has 80 valence electrons. The van der Waals surface area contributed by atoms with Gasteiger partial charge in [0.2, 0.25) is 0 Å². The van der Waals surface area contributed by atoms with Crippen LogP contribution in [0.3, 0.4) is 0 Å². The second-order valence-electron chi connectivity index (χ2n) is 2.43. The molecule has 0 aliphatic carbocycles. The number of rotatable bonds is 8. The quantitative estimate of drug-likeness (QED) is 0.422.